The third kappa shape index (κ3) is 3.08. The minimum Gasteiger partial charge on any atom is -0.469 e. The summed E-state index contributed by atoms with van der Waals surface area (Å²) in [5.41, 5.74) is 0.720. The second kappa shape index (κ2) is 6.40. The molecule has 0 N–H and O–H groups in total. The maximum absolute atomic E-state index is 13.7. The molecular formula is C19H21FN2O2. The van der Waals surface area contributed by atoms with Crippen molar-refractivity contribution in [1.29, 1.82) is 0 Å². The van der Waals surface area contributed by atoms with Crippen LogP contribution < -0.4 is 0 Å². The van der Waals surface area contributed by atoms with Gasteiger partial charge in [0.1, 0.15) is 11.6 Å². The molecule has 1 saturated carbocycles. The molecule has 1 saturated heterocycles. The molecule has 1 aromatic carbocycles. The first-order chi connectivity index (χ1) is 11.7. The minimum atomic E-state index is -0.157. The van der Waals surface area contributed by atoms with E-state index in [9.17, 15) is 9.18 Å². The molecule has 5 heteroatoms. The topological polar surface area (TPSA) is 36.7 Å². The summed E-state index contributed by atoms with van der Waals surface area (Å²) in [5, 5.41) is 0. The molecule has 4 rings (SSSR count). The van der Waals surface area contributed by atoms with Gasteiger partial charge in [-0.3, -0.25) is 9.69 Å². The number of benzene rings is 1. The minimum absolute atomic E-state index is 0.0780. The Kier molecular flexibility index (Phi) is 4.10. The number of hydrogen-bond acceptors (Lipinski definition) is 3. The van der Waals surface area contributed by atoms with Gasteiger partial charge < -0.3 is 9.32 Å². The van der Waals surface area contributed by atoms with Crippen molar-refractivity contribution in [3.05, 3.63) is 59.8 Å². The fourth-order valence-corrected chi connectivity index (χ4v) is 3.51. The molecule has 0 bridgehead atoms. The van der Waals surface area contributed by atoms with Crippen molar-refractivity contribution in [2.75, 3.05) is 26.2 Å². The van der Waals surface area contributed by atoms with Crippen molar-refractivity contribution in [3.63, 3.8) is 0 Å². The van der Waals surface area contributed by atoms with E-state index >= 15 is 0 Å². The number of carbonyl (C=O) groups excluding carboxylic acids is 1. The lowest BCUT2D eigenvalue weighted by Gasteiger charge is -2.35. The number of halogens is 1. The zero-order valence-corrected chi connectivity index (χ0v) is 13.5. The largest absolute Gasteiger partial charge is 0.469 e. The van der Waals surface area contributed by atoms with Crippen LogP contribution in [0.1, 0.15) is 23.7 Å². The second-order valence-corrected chi connectivity index (χ2v) is 6.66. The predicted octanol–water partition coefficient (Wildman–Crippen LogP) is 2.87. The van der Waals surface area contributed by atoms with Crippen LogP contribution in [0.25, 0.3) is 0 Å². The van der Waals surface area contributed by atoms with Crippen LogP contribution in [-0.4, -0.2) is 41.9 Å². The van der Waals surface area contributed by atoms with Crippen LogP contribution in [0, 0.1) is 11.7 Å². The maximum atomic E-state index is 13.7. The predicted molar refractivity (Wildman–Crippen MR) is 87.8 cm³/mol. The zero-order valence-electron chi connectivity index (χ0n) is 13.5. The van der Waals surface area contributed by atoms with E-state index in [-0.39, 0.29) is 23.6 Å². The highest BCUT2D eigenvalue weighted by Crippen LogP contribution is 2.48. The van der Waals surface area contributed by atoms with Crippen molar-refractivity contribution >= 4 is 5.91 Å². The highest BCUT2D eigenvalue weighted by Gasteiger charge is 2.47. The fourth-order valence-electron chi connectivity index (χ4n) is 3.51. The van der Waals surface area contributed by atoms with E-state index in [1.807, 2.05) is 29.2 Å². The van der Waals surface area contributed by atoms with Crippen LogP contribution in [0.3, 0.4) is 0 Å². The van der Waals surface area contributed by atoms with E-state index in [0.717, 1.165) is 30.8 Å². The molecule has 1 amide bonds. The summed E-state index contributed by atoms with van der Waals surface area (Å²) in [6, 6.07) is 10.7. The van der Waals surface area contributed by atoms with E-state index in [2.05, 4.69) is 4.90 Å². The van der Waals surface area contributed by atoms with Crippen LogP contribution in [0.4, 0.5) is 4.39 Å². The Morgan fingerprint density at radius 2 is 1.92 bits per heavy atom. The van der Waals surface area contributed by atoms with Crippen LogP contribution in [0.5, 0.6) is 0 Å². The van der Waals surface area contributed by atoms with E-state index < -0.39 is 0 Å². The van der Waals surface area contributed by atoms with Crippen LogP contribution in [-0.2, 0) is 11.3 Å². The van der Waals surface area contributed by atoms with Gasteiger partial charge in [0.15, 0.2) is 0 Å². The van der Waals surface area contributed by atoms with Gasteiger partial charge in [0.05, 0.1) is 6.26 Å². The summed E-state index contributed by atoms with van der Waals surface area (Å²) < 4.78 is 19.1. The number of amides is 1. The molecule has 0 unspecified atom stereocenters. The SMILES string of the molecule is O=C([C@@H]1C[C@H]1c1ccco1)N1CCN(Cc2ccccc2F)CC1. The molecule has 24 heavy (non-hydrogen) atoms. The van der Waals surface area contributed by atoms with Crippen LogP contribution in [0.2, 0.25) is 0 Å². The van der Waals surface area contributed by atoms with E-state index in [1.165, 1.54) is 6.07 Å². The Hall–Kier alpha value is -2.14. The molecule has 0 spiro atoms. The highest BCUT2D eigenvalue weighted by molar-refractivity contribution is 5.83. The number of nitrogens with zero attached hydrogens (tertiary/aromatic N) is 2. The Morgan fingerprint density at radius 1 is 1.12 bits per heavy atom. The Bertz CT molecular complexity index is 708. The van der Waals surface area contributed by atoms with Crippen molar-refractivity contribution in [2.24, 2.45) is 5.92 Å². The Balaban J connectivity index is 1.29. The lowest BCUT2D eigenvalue weighted by molar-refractivity contribution is -0.134. The fraction of sp³-hybridized carbons (Fsp3) is 0.421. The molecule has 126 valence electrons. The molecule has 2 atom stereocenters. The summed E-state index contributed by atoms with van der Waals surface area (Å²) in [7, 11) is 0. The van der Waals surface area contributed by atoms with Gasteiger partial charge in [-0.25, -0.2) is 4.39 Å². The van der Waals surface area contributed by atoms with Gasteiger partial charge in [-0.05, 0) is 24.6 Å². The quantitative estimate of drug-likeness (QED) is 0.866. The molecule has 1 aromatic heterocycles. The molecule has 2 aromatic rings. The first-order valence-electron chi connectivity index (χ1n) is 8.50. The Labute approximate surface area is 140 Å². The number of furan rings is 1. The van der Waals surface area contributed by atoms with Crippen molar-refractivity contribution < 1.29 is 13.6 Å². The van der Waals surface area contributed by atoms with Crippen LogP contribution >= 0.6 is 0 Å². The summed E-state index contributed by atoms with van der Waals surface area (Å²) in [6.45, 7) is 3.62. The average molecular weight is 328 g/mol. The number of hydrogen-bond donors (Lipinski definition) is 0. The number of rotatable bonds is 4. The second-order valence-electron chi connectivity index (χ2n) is 6.66. The molecule has 1 aliphatic carbocycles. The van der Waals surface area contributed by atoms with Gasteiger partial charge in [-0.15, -0.1) is 0 Å². The summed E-state index contributed by atoms with van der Waals surface area (Å²) in [4.78, 5) is 16.7. The summed E-state index contributed by atoms with van der Waals surface area (Å²) in [5.74, 6) is 1.34. The number of piperazine rings is 1. The van der Waals surface area contributed by atoms with Gasteiger partial charge in [-0.1, -0.05) is 18.2 Å². The van der Waals surface area contributed by atoms with Gasteiger partial charge in [0.25, 0.3) is 0 Å². The summed E-state index contributed by atoms with van der Waals surface area (Å²) >= 11 is 0. The monoisotopic (exact) mass is 328 g/mol. The molecular weight excluding hydrogens is 307 g/mol. The maximum Gasteiger partial charge on any atom is 0.226 e. The van der Waals surface area contributed by atoms with Gasteiger partial charge >= 0.3 is 0 Å². The van der Waals surface area contributed by atoms with E-state index in [4.69, 9.17) is 4.42 Å². The lowest BCUT2D eigenvalue weighted by atomic mass is 10.1. The first-order valence-corrected chi connectivity index (χ1v) is 8.50. The summed E-state index contributed by atoms with van der Waals surface area (Å²) in [6.07, 6.45) is 2.55. The lowest BCUT2D eigenvalue weighted by Crippen LogP contribution is -2.48. The van der Waals surface area contributed by atoms with Gasteiger partial charge in [0, 0.05) is 50.1 Å². The Morgan fingerprint density at radius 3 is 2.62 bits per heavy atom. The van der Waals surface area contributed by atoms with Crippen molar-refractivity contribution in [3.8, 4) is 0 Å². The van der Waals surface area contributed by atoms with Gasteiger partial charge in [-0.2, -0.15) is 0 Å². The molecule has 0 radical (unpaired) electrons. The first kappa shape index (κ1) is 15.4. The van der Waals surface area contributed by atoms with Crippen molar-refractivity contribution in [2.45, 2.75) is 18.9 Å². The smallest absolute Gasteiger partial charge is 0.226 e. The molecule has 2 aliphatic rings. The van der Waals surface area contributed by atoms with Crippen molar-refractivity contribution in [1.82, 2.24) is 9.80 Å². The number of carbonyl (C=O) groups is 1. The standard InChI is InChI=1S/C19H21FN2O2/c20-17-5-2-1-4-14(17)13-21-7-9-22(10-8-21)19(23)16-12-15(16)18-6-3-11-24-18/h1-6,11,15-16H,7-10,12-13H2/t15-,16-/m1/s1. The molecule has 2 fully saturated rings. The van der Waals surface area contributed by atoms with E-state index in [1.54, 1.807) is 12.3 Å². The van der Waals surface area contributed by atoms with Gasteiger partial charge in [0.2, 0.25) is 5.91 Å². The molecule has 4 nitrogen and oxygen atoms in total. The van der Waals surface area contributed by atoms with Crippen LogP contribution in [0.15, 0.2) is 47.1 Å². The normalized spacial score (nSPS) is 24.1. The zero-order chi connectivity index (χ0) is 16.5. The molecule has 2 heterocycles. The van der Waals surface area contributed by atoms with E-state index in [0.29, 0.717) is 19.6 Å². The molecule has 1 aliphatic heterocycles. The highest BCUT2D eigenvalue weighted by atomic mass is 19.1. The average Bonchev–Trinajstić information content (AvgIpc) is 3.22. The third-order valence-corrected chi connectivity index (χ3v) is 5.05. The third-order valence-electron chi connectivity index (χ3n) is 5.05.